The maximum atomic E-state index is 12.5. The standard InChI is InChI=1S/C9H9F5N2O/c10-8(11)5-1-4(3-17)6(2-15)16-7(5)9(12,13)14/h1,8,17H,2-3,15H2. The van der Waals surface area contributed by atoms with Gasteiger partial charge >= 0.3 is 6.18 Å². The highest BCUT2D eigenvalue weighted by Gasteiger charge is 2.38. The Morgan fingerprint density at radius 3 is 2.29 bits per heavy atom. The maximum absolute atomic E-state index is 12.5. The molecule has 1 rings (SSSR count). The molecule has 0 radical (unpaired) electrons. The lowest BCUT2D eigenvalue weighted by molar-refractivity contribution is -0.143. The van der Waals surface area contributed by atoms with Gasteiger partial charge in [-0.25, -0.2) is 13.8 Å². The third kappa shape index (κ3) is 2.89. The normalized spacial score (nSPS) is 12.2. The van der Waals surface area contributed by atoms with Crippen molar-refractivity contribution in [3.8, 4) is 0 Å². The fraction of sp³-hybridized carbons (Fsp3) is 0.444. The molecule has 1 heterocycles. The summed E-state index contributed by atoms with van der Waals surface area (Å²) >= 11 is 0. The van der Waals surface area contributed by atoms with Crippen LogP contribution in [0.1, 0.15) is 28.9 Å². The van der Waals surface area contributed by atoms with E-state index >= 15 is 0 Å². The molecule has 0 aromatic carbocycles. The van der Waals surface area contributed by atoms with E-state index in [4.69, 9.17) is 10.8 Å². The summed E-state index contributed by atoms with van der Waals surface area (Å²) in [6, 6.07) is 0.586. The number of aliphatic hydroxyl groups is 1. The molecule has 0 aliphatic carbocycles. The minimum Gasteiger partial charge on any atom is -0.392 e. The van der Waals surface area contributed by atoms with Crippen molar-refractivity contribution in [3.63, 3.8) is 0 Å². The average Bonchev–Trinajstić information content (AvgIpc) is 2.25. The number of nitrogens with two attached hydrogens (primary N) is 1. The molecule has 0 aliphatic rings. The molecule has 8 heteroatoms. The number of nitrogens with zero attached hydrogens (tertiary/aromatic N) is 1. The molecule has 0 bridgehead atoms. The highest BCUT2D eigenvalue weighted by atomic mass is 19.4. The van der Waals surface area contributed by atoms with Gasteiger partial charge in [0, 0.05) is 17.7 Å². The Hall–Kier alpha value is -1.28. The fourth-order valence-corrected chi connectivity index (χ4v) is 1.32. The Balaban J connectivity index is 3.46. The second kappa shape index (κ2) is 4.92. The van der Waals surface area contributed by atoms with Gasteiger partial charge in [-0.3, -0.25) is 0 Å². The molecule has 0 spiro atoms. The molecule has 1 aromatic rings. The topological polar surface area (TPSA) is 59.1 Å². The molecule has 3 nitrogen and oxygen atoms in total. The van der Waals surface area contributed by atoms with E-state index in [9.17, 15) is 22.0 Å². The Kier molecular flexibility index (Phi) is 3.99. The number of aromatic nitrogens is 1. The Morgan fingerprint density at radius 1 is 1.35 bits per heavy atom. The molecule has 96 valence electrons. The molecule has 0 amide bonds. The first-order valence-electron chi connectivity index (χ1n) is 4.50. The van der Waals surface area contributed by atoms with Crippen LogP contribution in [-0.2, 0) is 19.3 Å². The first kappa shape index (κ1) is 13.8. The lowest BCUT2D eigenvalue weighted by Crippen LogP contribution is -2.17. The molecule has 3 N–H and O–H groups in total. The van der Waals surface area contributed by atoms with Gasteiger partial charge in [0.1, 0.15) is 0 Å². The summed E-state index contributed by atoms with van der Waals surface area (Å²) in [7, 11) is 0. The number of alkyl halides is 5. The van der Waals surface area contributed by atoms with E-state index in [1.54, 1.807) is 0 Å². The minimum absolute atomic E-state index is 0.129. The highest BCUT2D eigenvalue weighted by Crippen LogP contribution is 2.35. The number of pyridine rings is 1. The lowest BCUT2D eigenvalue weighted by atomic mass is 10.1. The SMILES string of the molecule is NCc1nc(C(F)(F)F)c(C(F)F)cc1CO. The first-order chi connectivity index (χ1) is 7.81. The van der Waals surface area contributed by atoms with Crippen molar-refractivity contribution < 1.29 is 27.1 Å². The van der Waals surface area contributed by atoms with E-state index in [-0.39, 0.29) is 17.8 Å². The zero-order valence-corrected chi connectivity index (χ0v) is 8.43. The molecule has 0 unspecified atom stereocenters. The van der Waals surface area contributed by atoms with Gasteiger partial charge in [-0.1, -0.05) is 0 Å². The Morgan fingerprint density at radius 2 is 1.94 bits per heavy atom. The van der Waals surface area contributed by atoms with Gasteiger partial charge in [-0.2, -0.15) is 13.2 Å². The summed E-state index contributed by atoms with van der Waals surface area (Å²) in [6.07, 6.45) is -8.31. The number of aliphatic hydroxyl groups excluding tert-OH is 1. The van der Waals surface area contributed by atoms with Gasteiger partial charge in [-0.15, -0.1) is 0 Å². The van der Waals surface area contributed by atoms with Gasteiger partial charge in [0.25, 0.3) is 6.43 Å². The Bertz CT molecular complexity index is 405. The van der Waals surface area contributed by atoms with E-state index in [1.807, 2.05) is 0 Å². The quantitative estimate of drug-likeness (QED) is 0.813. The van der Waals surface area contributed by atoms with Crippen molar-refractivity contribution in [2.75, 3.05) is 0 Å². The molecule has 1 aromatic heterocycles. The second-order valence-corrected chi connectivity index (χ2v) is 3.19. The molecule has 0 fully saturated rings. The summed E-state index contributed by atoms with van der Waals surface area (Å²) in [5, 5.41) is 8.83. The second-order valence-electron chi connectivity index (χ2n) is 3.19. The number of halogens is 5. The number of rotatable bonds is 3. The maximum Gasteiger partial charge on any atom is 0.433 e. The molecule has 17 heavy (non-hydrogen) atoms. The monoisotopic (exact) mass is 256 g/mol. The van der Waals surface area contributed by atoms with Gasteiger partial charge in [0.15, 0.2) is 5.69 Å². The first-order valence-corrected chi connectivity index (χ1v) is 4.50. The summed E-state index contributed by atoms with van der Waals surface area (Å²) in [5.41, 5.74) is 1.85. The smallest absolute Gasteiger partial charge is 0.392 e. The highest BCUT2D eigenvalue weighted by molar-refractivity contribution is 5.32. The van der Waals surface area contributed by atoms with Gasteiger partial charge in [-0.05, 0) is 6.07 Å². The van der Waals surface area contributed by atoms with Crippen LogP contribution in [0.5, 0.6) is 0 Å². The zero-order valence-electron chi connectivity index (χ0n) is 8.43. The number of hydrogen-bond donors (Lipinski definition) is 2. The van der Waals surface area contributed by atoms with Crippen molar-refractivity contribution >= 4 is 0 Å². The van der Waals surface area contributed by atoms with Gasteiger partial charge in [0.05, 0.1) is 12.3 Å². The predicted molar refractivity (Wildman–Crippen MR) is 48.0 cm³/mol. The van der Waals surface area contributed by atoms with Crippen LogP contribution < -0.4 is 5.73 Å². The van der Waals surface area contributed by atoms with Crippen LogP contribution >= 0.6 is 0 Å². The van der Waals surface area contributed by atoms with Crippen LogP contribution in [0.25, 0.3) is 0 Å². The Labute approximate surface area is 93.1 Å². The molecular weight excluding hydrogens is 247 g/mol. The van der Waals surface area contributed by atoms with E-state index in [0.29, 0.717) is 6.07 Å². The molecule has 0 saturated heterocycles. The van der Waals surface area contributed by atoms with Crippen LogP contribution in [-0.4, -0.2) is 10.1 Å². The third-order valence-electron chi connectivity index (χ3n) is 2.09. The van der Waals surface area contributed by atoms with Crippen molar-refractivity contribution in [3.05, 3.63) is 28.6 Å². The van der Waals surface area contributed by atoms with E-state index in [0.717, 1.165) is 0 Å². The molecular formula is C9H9F5N2O. The van der Waals surface area contributed by atoms with Gasteiger partial charge in [0.2, 0.25) is 0 Å². The van der Waals surface area contributed by atoms with E-state index in [1.165, 1.54) is 0 Å². The van der Waals surface area contributed by atoms with Crippen molar-refractivity contribution in [1.82, 2.24) is 4.98 Å². The van der Waals surface area contributed by atoms with E-state index in [2.05, 4.69) is 4.98 Å². The zero-order chi connectivity index (χ0) is 13.2. The van der Waals surface area contributed by atoms with Crippen LogP contribution in [0, 0.1) is 0 Å². The third-order valence-corrected chi connectivity index (χ3v) is 2.09. The van der Waals surface area contributed by atoms with Crippen LogP contribution in [0.15, 0.2) is 6.07 Å². The van der Waals surface area contributed by atoms with Crippen molar-refractivity contribution in [1.29, 1.82) is 0 Å². The average molecular weight is 256 g/mol. The molecule has 0 aliphatic heterocycles. The predicted octanol–water partition coefficient (Wildman–Crippen LogP) is 1.99. The minimum atomic E-state index is -4.98. The molecule has 0 saturated carbocycles. The van der Waals surface area contributed by atoms with Gasteiger partial charge < -0.3 is 10.8 Å². The number of hydrogen-bond acceptors (Lipinski definition) is 3. The van der Waals surface area contributed by atoms with Crippen molar-refractivity contribution in [2.24, 2.45) is 5.73 Å². The van der Waals surface area contributed by atoms with Crippen LogP contribution in [0.4, 0.5) is 22.0 Å². The summed E-state index contributed by atoms with van der Waals surface area (Å²) in [6.45, 7) is -1.07. The lowest BCUT2D eigenvalue weighted by Gasteiger charge is -2.15. The summed E-state index contributed by atoms with van der Waals surface area (Å²) < 4.78 is 62.3. The fourth-order valence-electron chi connectivity index (χ4n) is 1.32. The molecule has 0 atom stereocenters. The van der Waals surface area contributed by atoms with E-state index < -0.39 is 30.5 Å². The van der Waals surface area contributed by atoms with Crippen molar-refractivity contribution in [2.45, 2.75) is 25.8 Å². The summed E-state index contributed by atoms with van der Waals surface area (Å²) in [5.74, 6) is 0. The van der Waals surface area contributed by atoms with Crippen LogP contribution in [0.3, 0.4) is 0 Å². The largest absolute Gasteiger partial charge is 0.433 e. The summed E-state index contributed by atoms with van der Waals surface area (Å²) in [4.78, 5) is 3.06. The van der Waals surface area contributed by atoms with Crippen LogP contribution in [0.2, 0.25) is 0 Å².